The molecule has 0 fully saturated rings. The maximum Gasteiger partial charge on any atom is 0.0480 e. The van der Waals surface area contributed by atoms with Crippen LogP contribution in [0.15, 0.2) is 12.2 Å². The molecule has 0 aliphatic rings. The van der Waals surface area contributed by atoms with Crippen molar-refractivity contribution in [2.75, 3.05) is 20.3 Å². The minimum absolute atomic E-state index is 0.421. The number of ether oxygens (including phenoxy) is 1. The minimum Gasteiger partial charge on any atom is -0.385 e. The van der Waals surface area contributed by atoms with Gasteiger partial charge in [0.05, 0.1) is 0 Å². The zero-order chi connectivity index (χ0) is 9.40. The summed E-state index contributed by atoms with van der Waals surface area (Å²) in [5.74, 6) is 0. The minimum atomic E-state index is 0.421. The Morgan fingerprint density at radius 3 is 2.67 bits per heavy atom. The van der Waals surface area contributed by atoms with E-state index in [1.807, 2.05) is 0 Å². The summed E-state index contributed by atoms with van der Waals surface area (Å²) in [5, 5.41) is 3.42. The fourth-order valence-electron chi connectivity index (χ4n) is 1.08. The second kappa shape index (κ2) is 7.32. The van der Waals surface area contributed by atoms with Gasteiger partial charge in [-0.15, -0.1) is 0 Å². The van der Waals surface area contributed by atoms with Crippen molar-refractivity contribution < 1.29 is 4.74 Å². The Hall–Kier alpha value is -0.340. The fraction of sp³-hybridized carbons (Fsp3) is 0.800. The van der Waals surface area contributed by atoms with Crippen LogP contribution in [0.25, 0.3) is 0 Å². The third kappa shape index (κ3) is 5.33. The number of methoxy groups -OCH3 is 1. The van der Waals surface area contributed by atoms with E-state index in [1.165, 1.54) is 5.57 Å². The molecule has 0 saturated carbocycles. The molecule has 0 aromatic rings. The highest BCUT2D eigenvalue weighted by atomic mass is 16.5. The van der Waals surface area contributed by atoms with Crippen LogP contribution >= 0.6 is 0 Å². The van der Waals surface area contributed by atoms with Gasteiger partial charge in [-0.1, -0.05) is 19.1 Å². The molecule has 0 amide bonds. The zero-order valence-corrected chi connectivity index (χ0v) is 8.52. The van der Waals surface area contributed by atoms with Gasteiger partial charge in [0.1, 0.15) is 0 Å². The van der Waals surface area contributed by atoms with Gasteiger partial charge in [0.2, 0.25) is 0 Å². The van der Waals surface area contributed by atoms with Crippen molar-refractivity contribution in [1.29, 1.82) is 0 Å². The van der Waals surface area contributed by atoms with E-state index in [9.17, 15) is 0 Å². The molecule has 72 valence electrons. The molecule has 2 heteroatoms. The highest BCUT2D eigenvalue weighted by Gasteiger charge is 2.06. The molecule has 12 heavy (non-hydrogen) atoms. The van der Waals surface area contributed by atoms with Crippen molar-refractivity contribution in [2.45, 2.75) is 32.7 Å². The molecule has 2 nitrogen and oxygen atoms in total. The van der Waals surface area contributed by atoms with E-state index in [-0.39, 0.29) is 0 Å². The summed E-state index contributed by atoms with van der Waals surface area (Å²) < 4.78 is 5.02. The molecule has 0 aliphatic carbocycles. The van der Waals surface area contributed by atoms with Gasteiger partial charge in [0, 0.05) is 19.8 Å². The summed E-state index contributed by atoms with van der Waals surface area (Å²) >= 11 is 0. The standard InChI is InChI=1S/C10H21NO/c1-5-7-11-10(9(2)3)6-8-12-4/h10-11H,2,5-8H2,1,3-4H3. The smallest absolute Gasteiger partial charge is 0.0480 e. The van der Waals surface area contributed by atoms with Crippen LogP contribution in [0.5, 0.6) is 0 Å². The van der Waals surface area contributed by atoms with Crippen molar-refractivity contribution in [1.82, 2.24) is 5.32 Å². The summed E-state index contributed by atoms with van der Waals surface area (Å²) in [4.78, 5) is 0. The van der Waals surface area contributed by atoms with Crippen LogP contribution in [0.3, 0.4) is 0 Å². The Kier molecular flexibility index (Phi) is 7.11. The van der Waals surface area contributed by atoms with Crippen LogP contribution < -0.4 is 5.32 Å². The Balaban J connectivity index is 3.62. The monoisotopic (exact) mass is 171 g/mol. The molecule has 0 radical (unpaired) electrons. The average Bonchev–Trinajstić information content (AvgIpc) is 2.04. The van der Waals surface area contributed by atoms with Crippen LogP contribution in [0.2, 0.25) is 0 Å². The van der Waals surface area contributed by atoms with Gasteiger partial charge < -0.3 is 10.1 Å². The van der Waals surface area contributed by atoms with Crippen LogP contribution in [-0.2, 0) is 4.74 Å². The number of hydrogen-bond donors (Lipinski definition) is 1. The Labute approximate surface area is 76.0 Å². The first-order valence-electron chi connectivity index (χ1n) is 4.60. The van der Waals surface area contributed by atoms with E-state index in [2.05, 4.69) is 25.7 Å². The molecule has 1 atom stereocenters. The fourth-order valence-corrected chi connectivity index (χ4v) is 1.08. The molecule has 0 aromatic heterocycles. The second-order valence-corrected chi connectivity index (χ2v) is 3.13. The highest BCUT2D eigenvalue weighted by molar-refractivity contribution is 5.01. The Morgan fingerprint density at radius 1 is 1.58 bits per heavy atom. The summed E-state index contributed by atoms with van der Waals surface area (Å²) in [5.41, 5.74) is 1.19. The second-order valence-electron chi connectivity index (χ2n) is 3.13. The number of rotatable bonds is 7. The summed E-state index contributed by atoms with van der Waals surface area (Å²) in [6.45, 7) is 10.0. The molecular weight excluding hydrogens is 150 g/mol. The Bertz CT molecular complexity index is 115. The normalized spacial score (nSPS) is 12.9. The van der Waals surface area contributed by atoms with Crippen molar-refractivity contribution >= 4 is 0 Å². The lowest BCUT2D eigenvalue weighted by molar-refractivity contribution is 0.187. The predicted molar refractivity (Wildman–Crippen MR) is 53.4 cm³/mol. The first kappa shape index (κ1) is 11.7. The predicted octanol–water partition coefficient (Wildman–Crippen LogP) is 1.97. The van der Waals surface area contributed by atoms with Gasteiger partial charge in [-0.3, -0.25) is 0 Å². The summed E-state index contributed by atoms with van der Waals surface area (Å²) in [7, 11) is 1.73. The molecule has 0 aromatic carbocycles. The first-order chi connectivity index (χ1) is 5.72. The van der Waals surface area contributed by atoms with E-state index < -0.39 is 0 Å². The quantitative estimate of drug-likeness (QED) is 0.591. The molecule has 0 heterocycles. The van der Waals surface area contributed by atoms with Gasteiger partial charge in [-0.05, 0) is 26.3 Å². The van der Waals surface area contributed by atoms with Crippen molar-refractivity contribution in [2.24, 2.45) is 0 Å². The molecule has 1 N–H and O–H groups in total. The lowest BCUT2D eigenvalue weighted by Gasteiger charge is -2.17. The van der Waals surface area contributed by atoms with E-state index in [1.54, 1.807) is 7.11 Å². The maximum atomic E-state index is 5.02. The molecule has 1 unspecified atom stereocenters. The first-order valence-corrected chi connectivity index (χ1v) is 4.60. The van der Waals surface area contributed by atoms with Crippen molar-refractivity contribution in [3.63, 3.8) is 0 Å². The van der Waals surface area contributed by atoms with E-state index >= 15 is 0 Å². The Morgan fingerprint density at radius 2 is 2.25 bits per heavy atom. The van der Waals surface area contributed by atoms with E-state index in [4.69, 9.17) is 4.74 Å². The molecule has 0 aliphatic heterocycles. The van der Waals surface area contributed by atoms with Gasteiger partial charge in [0.15, 0.2) is 0 Å². The van der Waals surface area contributed by atoms with E-state index in [0.717, 1.165) is 26.0 Å². The van der Waals surface area contributed by atoms with Gasteiger partial charge in [0.25, 0.3) is 0 Å². The molecule has 0 saturated heterocycles. The lowest BCUT2D eigenvalue weighted by Crippen LogP contribution is -2.31. The lowest BCUT2D eigenvalue weighted by atomic mass is 10.1. The van der Waals surface area contributed by atoms with Crippen molar-refractivity contribution in [3.05, 3.63) is 12.2 Å². The van der Waals surface area contributed by atoms with Gasteiger partial charge in [-0.2, -0.15) is 0 Å². The molecular formula is C10H21NO. The van der Waals surface area contributed by atoms with Gasteiger partial charge >= 0.3 is 0 Å². The van der Waals surface area contributed by atoms with E-state index in [0.29, 0.717) is 6.04 Å². The average molecular weight is 171 g/mol. The summed E-state index contributed by atoms with van der Waals surface area (Å²) in [6, 6.07) is 0.421. The molecule has 0 bridgehead atoms. The van der Waals surface area contributed by atoms with Crippen LogP contribution in [-0.4, -0.2) is 26.3 Å². The number of nitrogens with one attached hydrogen (secondary N) is 1. The maximum absolute atomic E-state index is 5.02. The topological polar surface area (TPSA) is 21.3 Å². The van der Waals surface area contributed by atoms with Crippen LogP contribution in [0, 0.1) is 0 Å². The molecule has 0 spiro atoms. The summed E-state index contributed by atoms with van der Waals surface area (Å²) in [6.07, 6.45) is 2.18. The SMILES string of the molecule is C=C(C)C(CCOC)NCCC. The highest BCUT2D eigenvalue weighted by Crippen LogP contribution is 2.03. The third-order valence-corrected chi connectivity index (χ3v) is 1.85. The molecule has 0 rings (SSSR count). The van der Waals surface area contributed by atoms with Gasteiger partial charge in [-0.25, -0.2) is 0 Å². The van der Waals surface area contributed by atoms with Crippen LogP contribution in [0.4, 0.5) is 0 Å². The number of hydrogen-bond acceptors (Lipinski definition) is 2. The van der Waals surface area contributed by atoms with Crippen LogP contribution in [0.1, 0.15) is 26.7 Å². The largest absolute Gasteiger partial charge is 0.385 e. The third-order valence-electron chi connectivity index (χ3n) is 1.85. The zero-order valence-electron chi connectivity index (χ0n) is 8.52. The van der Waals surface area contributed by atoms with Crippen molar-refractivity contribution in [3.8, 4) is 0 Å².